The van der Waals surface area contributed by atoms with Crippen LogP contribution in [0.1, 0.15) is 11.1 Å². The molecule has 0 spiro atoms. The maximum absolute atomic E-state index is 15.0. The monoisotopic (exact) mass is 517 g/mol. The number of aromatic nitrogens is 2. The van der Waals surface area contributed by atoms with E-state index < -0.39 is 32.7 Å². The van der Waals surface area contributed by atoms with Gasteiger partial charge < -0.3 is 5.32 Å². The molecule has 0 bridgehead atoms. The van der Waals surface area contributed by atoms with E-state index in [2.05, 4.69) is 10.3 Å². The van der Waals surface area contributed by atoms with Gasteiger partial charge in [0, 0.05) is 24.2 Å². The molecule has 7 nitrogen and oxygen atoms in total. The molecule has 1 N–H and O–H groups in total. The van der Waals surface area contributed by atoms with Gasteiger partial charge in [0.05, 0.1) is 20.9 Å². The lowest BCUT2D eigenvalue weighted by atomic mass is 10.1. The second-order valence-electron chi connectivity index (χ2n) is 7.90. The SMILES string of the molecule is O=C(Cc1ccc(-n2cnc3c4c(ccc3c2=O)NCC4)c(F)c1)CS(=O)(=O)c1ccc(Cl)s1. The Kier molecular flexibility index (Phi) is 5.75. The average Bonchev–Trinajstić information content (AvgIpc) is 3.43. The van der Waals surface area contributed by atoms with E-state index in [9.17, 15) is 22.4 Å². The Hall–Kier alpha value is -3.08. The summed E-state index contributed by atoms with van der Waals surface area (Å²) < 4.78 is 41.1. The van der Waals surface area contributed by atoms with E-state index in [1.807, 2.05) is 6.07 Å². The van der Waals surface area contributed by atoms with Gasteiger partial charge in [0.25, 0.3) is 5.56 Å². The zero-order valence-corrected chi connectivity index (χ0v) is 19.9. The summed E-state index contributed by atoms with van der Waals surface area (Å²) in [6.07, 6.45) is 1.79. The number of Topliss-reactive ketones (excluding diaryl/α,β-unsaturated/α-hetero) is 1. The van der Waals surface area contributed by atoms with E-state index in [4.69, 9.17) is 11.6 Å². The fourth-order valence-electron chi connectivity index (χ4n) is 4.05. The van der Waals surface area contributed by atoms with Crippen molar-refractivity contribution in [1.29, 1.82) is 0 Å². The largest absolute Gasteiger partial charge is 0.384 e. The number of hydrogen-bond acceptors (Lipinski definition) is 7. The van der Waals surface area contributed by atoms with Gasteiger partial charge in [0.1, 0.15) is 22.1 Å². The van der Waals surface area contributed by atoms with Crippen LogP contribution in [0, 0.1) is 5.82 Å². The molecule has 0 fully saturated rings. The number of thiophene rings is 1. The van der Waals surface area contributed by atoms with Crippen LogP contribution in [0.3, 0.4) is 0 Å². The first-order chi connectivity index (χ1) is 16.2. The van der Waals surface area contributed by atoms with E-state index in [0.29, 0.717) is 20.8 Å². The van der Waals surface area contributed by atoms with Crippen molar-refractivity contribution in [3.8, 4) is 5.69 Å². The van der Waals surface area contributed by atoms with Crippen LogP contribution in [0.5, 0.6) is 0 Å². The molecule has 34 heavy (non-hydrogen) atoms. The number of anilines is 1. The van der Waals surface area contributed by atoms with Crippen LogP contribution in [0.4, 0.5) is 10.1 Å². The van der Waals surface area contributed by atoms with E-state index in [0.717, 1.165) is 46.2 Å². The highest BCUT2D eigenvalue weighted by atomic mass is 35.5. The maximum Gasteiger partial charge on any atom is 0.265 e. The quantitative estimate of drug-likeness (QED) is 0.418. The summed E-state index contributed by atoms with van der Waals surface area (Å²) in [4.78, 5) is 29.8. The first-order valence-corrected chi connectivity index (χ1v) is 13.1. The highest BCUT2D eigenvalue weighted by Crippen LogP contribution is 2.28. The van der Waals surface area contributed by atoms with Gasteiger partial charge in [-0.25, -0.2) is 17.8 Å². The number of hydrogen-bond donors (Lipinski definition) is 1. The predicted molar refractivity (Wildman–Crippen MR) is 130 cm³/mol. The van der Waals surface area contributed by atoms with Gasteiger partial charge in [-0.15, -0.1) is 11.3 Å². The molecule has 4 aromatic rings. The van der Waals surface area contributed by atoms with Crippen molar-refractivity contribution in [3.05, 3.63) is 80.4 Å². The molecular formula is C23H17ClFN3O4S2. The summed E-state index contributed by atoms with van der Waals surface area (Å²) in [6.45, 7) is 0.774. The summed E-state index contributed by atoms with van der Waals surface area (Å²) in [5, 5.41) is 3.63. The summed E-state index contributed by atoms with van der Waals surface area (Å²) in [6, 6.07) is 10.3. The third-order valence-corrected chi connectivity index (χ3v) is 9.09. The van der Waals surface area contributed by atoms with Crippen LogP contribution in [-0.4, -0.2) is 36.0 Å². The third-order valence-electron chi connectivity index (χ3n) is 5.60. The van der Waals surface area contributed by atoms with Crippen LogP contribution < -0.4 is 10.9 Å². The molecule has 0 radical (unpaired) electrons. The minimum absolute atomic E-state index is 0.00456. The Morgan fingerprint density at radius 2 is 2.03 bits per heavy atom. The number of fused-ring (bicyclic) bond motifs is 3. The summed E-state index contributed by atoms with van der Waals surface area (Å²) >= 11 is 6.66. The number of halogens is 2. The average molecular weight is 518 g/mol. The normalized spacial score (nSPS) is 13.1. The second-order valence-corrected chi connectivity index (χ2v) is 11.8. The summed E-state index contributed by atoms with van der Waals surface area (Å²) in [5.41, 5.74) is 2.41. The molecule has 0 saturated heterocycles. The number of carbonyl (C=O) groups excluding carboxylic acids is 1. The number of carbonyl (C=O) groups is 1. The Labute approximate surface area is 202 Å². The van der Waals surface area contributed by atoms with Crippen LogP contribution in [0.25, 0.3) is 16.6 Å². The zero-order chi connectivity index (χ0) is 24.0. The van der Waals surface area contributed by atoms with E-state index in [-0.39, 0.29) is 16.3 Å². The number of benzene rings is 2. The molecule has 2 aromatic carbocycles. The number of nitrogens with zero attached hydrogens (tertiary/aromatic N) is 2. The molecule has 0 aliphatic carbocycles. The fraction of sp³-hybridized carbons (Fsp3) is 0.174. The Bertz CT molecular complexity index is 1630. The van der Waals surface area contributed by atoms with E-state index in [1.54, 1.807) is 6.07 Å². The summed E-state index contributed by atoms with van der Waals surface area (Å²) in [7, 11) is -3.82. The molecule has 11 heteroatoms. The van der Waals surface area contributed by atoms with Crippen molar-refractivity contribution in [2.75, 3.05) is 17.6 Å². The molecular weight excluding hydrogens is 501 g/mol. The molecule has 0 unspecified atom stereocenters. The van der Waals surface area contributed by atoms with Gasteiger partial charge in [-0.3, -0.25) is 14.2 Å². The topological polar surface area (TPSA) is 98.1 Å². The number of nitrogens with one attached hydrogen (secondary N) is 1. The van der Waals surface area contributed by atoms with Gasteiger partial charge in [-0.05, 0) is 48.4 Å². The lowest BCUT2D eigenvalue weighted by molar-refractivity contribution is -0.116. The van der Waals surface area contributed by atoms with Crippen molar-refractivity contribution in [2.24, 2.45) is 0 Å². The van der Waals surface area contributed by atoms with Gasteiger partial charge >= 0.3 is 0 Å². The first-order valence-electron chi connectivity index (χ1n) is 10.3. The van der Waals surface area contributed by atoms with Gasteiger partial charge in [-0.1, -0.05) is 17.7 Å². The molecule has 1 aliphatic rings. The van der Waals surface area contributed by atoms with E-state index in [1.165, 1.54) is 30.6 Å². The molecule has 2 aromatic heterocycles. The molecule has 0 saturated carbocycles. The van der Waals surface area contributed by atoms with Crippen LogP contribution in [0.2, 0.25) is 4.34 Å². The fourth-order valence-corrected chi connectivity index (χ4v) is 6.86. The Balaban J connectivity index is 1.39. The smallest absolute Gasteiger partial charge is 0.265 e. The van der Waals surface area contributed by atoms with Crippen LogP contribution >= 0.6 is 22.9 Å². The van der Waals surface area contributed by atoms with Gasteiger partial charge in [0.15, 0.2) is 15.6 Å². The molecule has 5 rings (SSSR count). The standard InChI is InChI=1S/C23H17ClFN3O4S2/c24-20-5-6-21(33-20)34(31,32)11-14(29)9-13-1-4-19(17(25)10-13)28-12-27-22-15-7-8-26-18(15)3-2-16(22)23(28)30/h1-6,10,12,26H,7-9,11H2. The third kappa shape index (κ3) is 4.13. The number of sulfone groups is 1. The van der Waals surface area contributed by atoms with Gasteiger partial charge in [0.2, 0.25) is 0 Å². The first kappa shape index (κ1) is 22.7. The minimum atomic E-state index is -3.82. The Morgan fingerprint density at radius 1 is 1.21 bits per heavy atom. The predicted octanol–water partition coefficient (Wildman–Crippen LogP) is 3.79. The molecule has 0 atom stereocenters. The molecule has 174 valence electrons. The lowest BCUT2D eigenvalue weighted by Crippen LogP contribution is -2.21. The minimum Gasteiger partial charge on any atom is -0.384 e. The van der Waals surface area contributed by atoms with Gasteiger partial charge in [-0.2, -0.15) is 0 Å². The van der Waals surface area contributed by atoms with Crippen molar-refractivity contribution in [2.45, 2.75) is 17.1 Å². The van der Waals surface area contributed by atoms with Crippen molar-refractivity contribution in [1.82, 2.24) is 9.55 Å². The van der Waals surface area contributed by atoms with Crippen molar-refractivity contribution < 1.29 is 17.6 Å². The lowest BCUT2D eigenvalue weighted by Gasteiger charge is -2.11. The highest BCUT2D eigenvalue weighted by molar-refractivity contribution is 7.94. The molecule has 1 aliphatic heterocycles. The number of rotatable bonds is 6. The van der Waals surface area contributed by atoms with E-state index >= 15 is 0 Å². The second kappa shape index (κ2) is 8.61. The van der Waals surface area contributed by atoms with Crippen LogP contribution in [-0.2, 0) is 27.5 Å². The molecule has 3 heterocycles. The highest BCUT2D eigenvalue weighted by Gasteiger charge is 2.22. The molecule has 0 amide bonds. The summed E-state index contributed by atoms with van der Waals surface area (Å²) in [5.74, 6) is -2.01. The Morgan fingerprint density at radius 3 is 2.76 bits per heavy atom. The number of ketones is 1. The van der Waals surface area contributed by atoms with Crippen molar-refractivity contribution in [3.63, 3.8) is 0 Å². The maximum atomic E-state index is 15.0. The van der Waals surface area contributed by atoms with Crippen LogP contribution in [0.15, 0.2) is 57.8 Å². The zero-order valence-electron chi connectivity index (χ0n) is 17.5. The van der Waals surface area contributed by atoms with Crippen molar-refractivity contribution >= 4 is 55.1 Å².